The van der Waals surface area contributed by atoms with Gasteiger partial charge in [0.25, 0.3) is 0 Å². The van der Waals surface area contributed by atoms with Crippen LogP contribution in [0.1, 0.15) is 16.7 Å². The van der Waals surface area contributed by atoms with E-state index >= 15 is 0 Å². The van der Waals surface area contributed by atoms with E-state index in [0.717, 1.165) is 30.6 Å². The van der Waals surface area contributed by atoms with Crippen LogP contribution >= 0.6 is 0 Å². The van der Waals surface area contributed by atoms with E-state index in [-0.39, 0.29) is 12.3 Å². The Morgan fingerprint density at radius 2 is 1.80 bits per heavy atom. The predicted molar refractivity (Wildman–Crippen MR) is 116 cm³/mol. The minimum atomic E-state index is -0.454. The number of rotatable bonds is 5. The molecule has 0 N–H and O–H groups in total. The van der Waals surface area contributed by atoms with E-state index in [9.17, 15) is 9.59 Å². The van der Waals surface area contributed by atoms with Gasteiger partial charge in [-0.25, -0.2) is 4.79 Å². The highest BCUT2D eigenvalue weighted by molar-refractivity contribution is 5.85. The number of hydrogen-bond donors (Lipinski definition) is 0. The fraction of sp³-hybridized carbons (Fsp3) is 0.333. The lowest BCUT2D eigenvalue weighted by Gasteiger charge is -2.34. The number of piperazine rings is 1. The molecule has 4 rings (SSSR count). The van der Waals surface area contributed by atoms with Gasteiger partial charge in [-0.05, 0) is 30.2 Å². The standard InChI is InChI=1S/C24H26N2O4/c1-17-20-9-8-19(29-2)14-22(20)30-24(28)21(17)15-23(27)26-12-10-25(11-13-26)16-18-6-4-3-5-7-18/h3-9,14H,10-13,15-16H2,1-2H3. The average molecular weight is 406 g/mol. The van der Waals surface area contributed by atoms with Gasteiger partial charge in [0.1, 0.15) is 11.3 Å². The summed E-state index contributed by atoms with van der Waals surface area (Å²) in [5.74, 6) is 0.597. The summed E-state index contributed by atoms with van der Waals surface area (Å²) < 4.78 is 10.7. The van der Waals surface area contributed by atoms with Gasteiger partial charge in [-0.2, -0.15) is 0 Å². The molecule has 30 heavy (non-hydrogen) atoms. The summed E-state index contributed by atoms with van der Waals surface area (Å²) in [5.41, 5.74) is 2.52. The number of hydrogen-bond acceptors (Lipinski definition) is 5. The van der Waals surface area contributed by atoms with Crippen molar-refractivity contribution in [2.45, 2.75) is 19.9 Å². The molecule has 0 atom stereocenters. The molecule has 1 aromatic heterocycles. The molecule has 1 saturated heterocycles. The third-order valence-corrected chi connectivity index (χ3v) is 5.80. The number of amides is 1. The van der Waals surface area contributed by atoms with Crippen LogP contribution in [0.4, 0.5) is 0 Å². The maximum absolute atomic E-state index is 12.9. The number of aryl methyl sites for hydroxylation is 1. The van der Waals surface area contributed by atoms with Gasteiger partial charge in [-0.3, -0.25) is 9.69 Å². The summed E-state index contributed by atoms with van der Waals surface area (Å²) >= 11 is 0. The Labute approximate surface area is 175 Å². The second kappa shape index (κ2) is 8.71. The molecule has 3 aromatic rings. The minimum Gasteiger partial charge on any atom is -0.497 e. The number of methoxy groups -OCH3 is 1. The van der Waals surface area contributed by atoms with Crippen molar-refractivity contribution < 1.29 is 13.9 Å². The van der Waals surface area contributed by atoms with Crippen molar-refractivity contribution in [3.63, 3.8) is 0 Å². The molecule has 0 saturated carbocycles. The van der Waals surface area contributed by atoms with Crippen molar-refractivity contribution in [2.24, 2.45) is 0 Å². The smallest absolute Gasteiger partial charge is 0.340 e. The van der Waals surface area contributed by atoms with E-state index < -0.39 is 5.63 Å². The first-order chi connectivity index (χ1) is 14.5. The van der Waals surface area contributed by atoms with E-state index in [4.69, 9.17) is 9.15 Å². The normalized spacial score (nSPS) is 14.8. The van der Waals surface area contributed by atoms with Crippen molar-refractivity contribution in [2.75, 3.05) is 33.3 Å². The van der Waals surface area contributed by atoms with Crippen LogP contribution in [0.5, 0.6) is 5.75 Å². The molecule has 2 aromatic carbocycles. The Morgan fingerprint density at radius 3 is 2.50 bits per heavy atom. The van der Waals surface area contributed by atoms with Gasteiger partial charge in [0.15, 0.2) is 0 Å². The lowest BCUT2D eigenvalue weighted by Crippen LogP contribution is -2.49. The molecule has 1 aliphatic heterocycles. The lowest BCUT2D eigenvalue weighted by molar-refractivity contribution is -0.132. The summed E-state index contributed by atoms with van der Waals surface area (Å²) in [6.07, 6.45) is 0.0643. The summed E-state index contributed by atoms with van der Waals surface area (Å²) in [6, 6.07) is 15.7. The van der Waals surface area contributed by atoms with Gasteiger partial charge in [0.05, 0.1) is 19.1 Å². The third kappa shape index (κ3) is 4.24. The topological polar surface area (TPSA) is 63.0 Å². The first kappa shape index (κ1) is 20.2. The number of carbonyl (C=O) groups excluding carboxylic acids is 1. The summed E-state index contributed by atoms with van der Waals surface area (Å²) in [6.45, 7) is 5.74. The number of carbonyl (C=O) groups is 1. The molecule has 1 fully saturated rings. The summed E-state index contributed by atoms with van der Waals surface area (Å²) in [4.78, 5) is 29.6. The van der Waals surface area contributed by atoms with Crippen molar-refractivity contribution >= 4 is 16.9 Å². The van der Waals surface area contributed by atoms with Crippen molar-refractivity contribution in [3.8, 4) is 5.75 Å². The molecule has 6 heteroatoms. The Kier molecular flexibility index (Phi) is 5.86. The Morgan fingerprint density at radius 1 is 1.07 bits per heavy atom. The second-order valence-corrected chi connectivity index (χ2v) is 7.67. The molecule has 0 aliphatic carbocycles. The fourth-order valence-electron chi connectivity index (χ4n) is 3.97. The van der Waals surface area contributed by atoms with Crippen LogP contribution in [-0.2, 0) is 17.8 Å². The zero-order valence-electron chi connectivity index (χ0n) is 17.4. The molecule has 0 spiro atoms. The molecule has 0 unspecified atom stereocenters. The van der Waals surface area contributed by atoms with Gasteiger partial charge < -0.3 is 14.1 Å². The minimum absolute atomic E-state index is 0.0300. The molecule has 1 amide bonds. The first-order valence-electron chi connectivity index (χ1n) is 10.2. The van der Waals surface area contributed by atoms with Crippen LogP contribution in [-0.4, -0.2) is 49.0 Å². The Balaban J connectivity index is 1.43. The SMILES string of the molecule is COc1ccc2c(C)c(CC(=O)N3CCN(Cc4ccccc4)CC3)c(=O)oc2c1. The largest absolute Gasteiger partial charge is 0.497 e. The van der Waals surface area contributed by atoms with Crippen LogP contribution < -0.4 is 10.4 Å². The van der Waals surface area contributed by atoms with Gasteiger partial charge in [0, 0.05) is 44.2 Å². The van der Waals surface area contributed by atoms with Gasteiger partial charge in [-0.1, -0.05) is 30.3 Å². The quantitative estimate of drug-likeness (QED) is 0.610. The molecule has 1 aliphatic rings. The molecule has 0 bridgehead atoms. The molecule has 156 valence electrons. The Bertz CT molecular complexity index is 1100. The number of benzene rings is 2. The number of nitrogens with zero attached hydrogens (tertiary/aromatic N) is 2. The lowest BCUT2D eigenvalue weighted by atomic mass is 10.0. The highest BCUT2D eigenvalue weighted by Gasteiger charge is 2.23. The fourth-order valence-corrected chi connectivity index (χ4v) is 3.97. The van der Waals surface area contributed by atoms with E-state index in [1.807, 2.05) is 42.2 Å². The van der Waals surface area contributed by atoms with Crippen molar-refractivity contribution in [3.05, 3.63) is 75.6 Å². The zero-order chi connectivity index (χ0) is 21.1. The molecule has 6 nitrogen and oxygen atoms in total. The number of fused-ring (bicyclic) bond motifs is 1. The average Bonchev–Trinajstić information content (AvgIpc) is 2.77. The van der Waals surface area contributed by atoms with Crippen molar-refractivity contribution in [1.29, 1.82) is 0 Å². The van der Waals surface area contributed by atoms with E-state index in [1.54, 1.807) is 13.2 Å². The molecule has 0 radical (unpaired) electrons. The van der Waals surface area contributed by atoms with E-state index in [1.165, 1.54) is 5.56 Å². The molecular formula is C24H26N2O4. The second-order valence-electron chi connectivity index (χ2n) is 7.67. The summed E-state index contributed by atoms with van der Waals surface area (Å²) in [7, 11) is 1.57. The van der Waals surface area contributed by atoms with Gasteiger partial charge in [0.2, 0.25) is 5.91 Å². The summed E-state index contributed by atoms with van der Waals surface area (Å²) in [5, 5.41) is 0.825. The van der Waals surface area contributed by atoms with Crippen LogP contribution in [0.15, 0.2) is 57.7 Å². The monoisotopic (exact) mass is 406 g/mol. The molecule has 2 heterocycles. The van der Waals surface area contributed by atoms with E-state index in [2.05, 4.69) is 17.0 Å². The Hall–Kier alpha value is -3.12. The van der Waals surface area contributed by atoms with Crippen LogP contribution in [0, 0.1) is 6.92 Å². The predicted octanol–water partition coefficient (Wildman–Crippen LogP) is 3.00. The van der Waals surface area contributed by atoms with Crippen LogP contribution in [0.2, 0.25) is 0 Å². The maximum Gasteiger partial charge on any atom is 0.340 e. The van der Waals surface area contributed by atoms with Crippen molar-refractivity contribution in [1.82, 2.24) is 9.80 Å². The van der Waals surface area contributed by atoms with Crippen LogP contribution in [0.3, 0.4) is 0 Å². The van der Waals surface area contributed by atoms with E-state index in [0.29, 0.717) is 30.0 Å². The van der Waals surface area contributed by atoms with Gasteiger partial charge >= 0.3 is 5.63 Å². The van der Waals surface area contributed by atoms with Gasteiger partial charge in [-0.15, -0.1) is 0 Å². The zero-order valence-corrected chi connectivity index (χ0v) is 17.4. The highest BCUT2D eigenvalue weighted by atomic mass is 16.5. The first-order valence-corrected chi connectivity index (χ1v) is 10.2. The van der Waals surface area contributed by atoms with Crippen LogP contribution in [0.25, 0.3) is 11.0 Å². The third-order valence-electron chi connectivity index (χ3n) is 5.80. The maximum atomic E-state index is 12.9. The highest BCUT2D eigenvalue weighted by Crippen LogP contribution is 2.24. The number of ether oxygens (including phenoxy) is 1. The molecular weight excluding hydrogens is 380 g/mol.